The maximum absolute atomic E-state index is 9.67. The van der Waals surface area contributed by atoms with Crippen molar-refractivity contribution in [2.75, 3.05) is 13.7 Å². The molecule has 0 fully saturated rings. The number of nitrogens with one attached hydrogen (secondary N) is 1. The number of hydrogen-bond donors (Lipinski definition) is 3. The Hall–Kier alpha value is -0.330. The normalized spacial score (nSPS) is 12.8. The zero-order valence-corrected chi connectivity index (χ0v) is 9.45. The largest absolute Gasteiger partial charge is 0.506 e. The maximum Gasteiger partial charge on any atom is 0.133 e. The third-order valence-electron chi connectivity index (χ3n) is 1.92. The fourth-order valence-electron chi connectivity index (χ4n) is 1.16. The first-order valence-electron chi connectivity index (χ1n) is 3.96. The van der Waals surface area contributed by atoms with Gasteiger partial charge >= 0.3 is 0 Å². The number of halogens is 1. The van der Waals surface area contributed by atoms with E-state index >= 15 is 0 Å². The topological polar surface area (TPSA) is 52.5 Å². The summed E-state index contributed by atoms with van der Waals surface area (Å²) in [5, 5.41) is 21.6. The van der Waals surface area contributed by atoms with Crippen LogP contribution < -0.4 is 5.32 Å². The lowest BCUT2D eigenvalue weighted by Crippen LogP contribution is -2.20. The minimum Gasteiger partial charge on any atom is -0.506 e. The van der Waals surface area contributed by atoms with Gasteiger partial charge in [0, 0.05) is 5.56 Å². The number of phenols is 1. The quantitative estimate of drug-likeness (QED) is 0.735. The first-order chi connectivity index (χ1) is 6.20. The molecular weight excluding hydrogens is 281 g/mol. The Morgan fingerprint density at radius 3 is 2.77 bits per heavy atom. The van der Waals surface area contributed by atoms with Gasteiger partial charge in [-0.2, -0.15) is 0 Å². The number of aliphatic hydroxyl groups excluding tert-OH is 1. The van der Waals surface area contributed by atoms with E-state index in [-0.39, 0.29) is 18.4 Å². The Morgan fingerprint density at radius 2 is 2.23 bits per heavy atom. The number of hydrogen-bond acceptors (Lipinski definition) is 3. The van der Waals surface area contributed by atoms with E-state index in [1.54, 1.807) is 13.1 Å². The van der Waals surface area contributed by atoms with Gasteiger partial charge in [0.25, 0.3) is 0 Å². The third kappa shape index (κ3) is 2.32. The lowest BCUT2D eigenvalue weighted by molar-refractivity contribution is 0.248. The van der Waals surface area contributed by atoms with Crippen LogP contribution in [0.1, 0.15) is 11.6 Å². The summed E-state index contributed by atoms with van der Waals surface area (Å²) < 4.78 is 0.795. The van der Waals surface area contributed by atoms with E-state index in [0.717, 1.165) is 9.13 Å². The van der Waals surface area contributed by atoms with Gasteiger partial charge in [0.05, 0.1) is 16.2 Å². The van der Waals surface area contributed by atoms with Crippen LogP contribution in [-0.2, 0) is 0 Å². The molecule has 0 bridgehead atoms. The van der Waals surface area contributed by atoms with E-state index in [0.29, 0.717) is 0 Å². The number of aliphatic hydroxyl groups is 1. The van der Waals surface area contributed by atoms with Crippen LogP contribution in [0, 0.1) is 3.57 Å². The smallest absolute Gasteiger partial charge is 0.133 e. The van der Waals surface area contributed by atoms with Crippen molar-refractivity contribution in [3.05, 3.63) is 27.3 Å². The molecule has 0 aromatic heterocycles. The van der Waals surface area contributed by atoms with Gasteiger partial charge < -0.3 is 15.5 Å². The summed E-state index contributed by atoms with van der Waals surface area (Å²) in [5.74, 6) is 0.247. The average molecular weight is 293 g/mol. The predicted octanol–water partition coefficient (Wildman–Crippen LogP) is 1.25. The maximum atomic E-state index is 9.67. The first-order valence-corrected chi connectivity index (χ1v) is 5.04. The Bertz CT molecular complexity index is 287. The summed E-state index contributed by atoms with van der Waals surface area (Å²) >= 11 is 2.06. The standard InChI is InChI=1S/C9H12INO2/c1-11-8(5-12)6-3-2-4-7(10)9(6)13/h2-4,8,11-13H,5H2,1H3/t8-/m0/s1. The van der Waals surface area contributed by atoms with Crippen LogP contribution in [0.5, 0.6) is 5.75 Å². The van der Waals surface area contributed by atoms with Gasteiger partial charge in [0.1, 0.15) is 5.75 Å². The number of benzene rings is 1. The molecule has 0 saturated carbocycles. The van der Waals surface area contributed by atoms with Crippen molar-refractivity contribution in [2.45, 2.75) is 6.04 Å². The Balaban J connectivity index is 3.05. The van der Waals surface area contributed by atoms with Crippen LogP contribution in [0.25, 0.3) is 0 Å². The van der Waals surface area contributed by atoms with E-state index in [4.69, 9.17) is 5.11 Å². The van der Waals surface area contributed by atoms with Gasteiger partial charge in [-0.3, -0.25) is 0 Å². The van der Waals surface area contributed by atoms with Crippen LogP contribution in [0.2, 0.25) is 0 Å². The molecule has 0 saturated heterocycles. The monoisotopic (exact) mass is 293 g/mol. The SMILES string of the molecule is CN[C@@H](CO)c1cccc(I)c1O. The number of aromatic hydroxyl groups is 1. The third-order valence-corrected chi connectivity index (χ3v) is 2.79. The highest BCUT2D eigenvalue weighted by molar-refractivity contribution is 14.1. The summed E-state index contributed by atoms with van der Waals surface area (Å²) in [6.45, 7) is -0.0237. The number of rotatable bonds is 3. The summed E-state index contributed by atoms with van der Waals surface area (Å²) in [6, 6.07) is 5.28. The molecular formula is C9H12INO2. The molecule has 0 unspecified atom stereocenters. The fraction of sp³-hybridized carbons (Fsp3) is 0.333. The molecule has 1 aromatic carbocycles. The molecule has 0 radical (unpaired) electrons. The second-order valence-electron chi connectivity index (χ2n) is 2.70. The van der Waals surface area contributed by atoms with Gasteiger partial charge in [-0.15, -0.1) is 0 Å². The van der Waals surface area contributed by atoms with Crippen molar-refractivity contribution in [2.24, 2.45) is 0 Å². The summed E-state index contributed by atoms with van der Waals surface area (Å²) in [5.41, 5.74) is 0.733. The van der Waals surface area contributed by atoms with Gasteiger partial charge in [-0.05, 0) is 35.7 Å². The average Bonchev–Trinajstić information content (AvgIpc) is 2.14. The number of likely N-dealkylation sites (N-methyl/N-ethyl adjacent to an activating group) is 1. The van der Waals surface area contributed by atoms with Crippen LogP contribution >= 0.6 is 22.6 Å². The van der Waals surface area contributed by atoms with Crippen LogP contribution in [0.15, 0.2) is 18.2 Å². The predicted molar refractivity (Wildman–Crippen MR) is 59.7 cm³/mol. The highest BCUT2D eigenvalue weighted by atomic mass is 127. The van der Waals surface area contributed by atoms with E-state index in [9.17, 15) is 5.11 Å². The lowest BCUT2D eigenvalue weighted by atomic mass is 10.1. The molecule has 0 aliphatic carbocycles. The number of phenolic OH excluding ortho intramolecular Hbond substituents is 1. The molecule has 3 nitrogen and oxygen atoms in total. The van der Waals surface area contributed by atoms with Gasteiger partial charge in [0.15, 0.2) is 0 Å². The highest BCUT2D eigenvalue weighted by Crippen LogP contribution is 2.28. The first kappa shape index (κ1) is 10.7. The minimum absolute atomic E-state index is 0.0237. The van der Waals surface area contributed by atoms with E-state index in [1.165, 1.54) is 0 Å². The van der Waals surface area contributed by atoms with Gasteiger partial charge in [0.2, 0.25) is 0 Å². The molecule has 0 aliphatic rings. The van der Waals surface area contributed by atoms with Crippen molar-refractivity contribution < 1.29 is 10.2 Å². The molecule has 1 rings (SSSR count). The minimum atomic E-state index is -0.199. The molecule has 0 amide bonds. The zero-order valence-electron chi connectivity index (χ0n) is 7.29. The zero-order chi connectivity index (χ0) is 9.84. The second kappa shape index (κ2) is 4.78. The molecule has 72 valence electrons. The molecule has 1 atom stereocenters. The molecule has 0 spiro atoms. The van der Waals surface area contributed by atoms with Crippen LogP contribution in [0.3, 0.4) is 0 Å². The van der Waals surface area contributed by atoms with Crippen LogP contribution in [-0.4, -0.2) is 23.9 Å². The van der Waals surface area contributed by atoms with Gasteiger partial charge in [-0.1, -0.05) is 12.1 Å². The highest BCUT2D eigenvalue weighted by Gasteiger charge is 2.13. The summed E-state index contributed by atoms with van der Waals surface area (Å²) in [6.07, 6.45) is 0. The second-order valence-corrected chi connectivity index (χ2v) is 3.86. The van der Waals surface area contributed by atoms with Crippen molar-refractivity contribution in [3.8, 4) is 5.75 Å². The molecule has 4 heteroatoms. The van der Waals surface area contributed by atoms with Crippen molar-refractivity contribution in [1.29, 1.82) is 0 Å². The lowest BCUT2D eigenvalue weighted by Gasteiger charge is -2.15. The molecule has 3 N–H and O–H groups in total. The van der Waals surface area contributed by atoms with E-state index < -0.39 is 0 Å². The molecule has 1 aromatic rings. The number of para-hydroxylation sites is 1. The van der Waals surface area contributed by atoms with Crippen molar-refractivity contribution in [3.63, 3.8) is 0 Å². The van der Waals surface area contributed by atoms with E-state index in [2.05, 4.69) is 27.9 Å². The van der Waals surface area contributed by atoms with Crippen LogP contribution in [0.4, 0.5) is 0 Å². The molecule has 0 heterocycles. The summed E-state index contributed by atoms with van der Waals surface area (Å²) in [7, 11) is 1.75. The van der Waals surface area contributed by atoms with Crippen molar-refractivity contribution >= 4 is 22.6 Å². The Kier molecular flexibility index (Phi) is 3.95. The van der Waals surface area contributed by atoms with Crippen molar-refractivity contribution in [1.82, 2.24) is 5.32 Å². The fourth-order valence-corrected chi connectivity index (χ4v) is 1.68. The molecule has 0 aliphatic heterocycles. The van der Waals surface area contributed by atoms with E-state index in [1.807, 2.05) is 12.1 Å². The molecule has 13 heavy (non-hydrogen) atoms. The van der Waals surface area contributed by atoms with Gasteiger partial charge in [-0.25, -0.2) is 0 Å². The Morgan fingerprint density at radius 1 is 1.54 bits per heavy atom. The summed E-state index contributed by atoms with van der Waals surface area (Å²) in [4.78, 5) is 0. The Labute approximate surface area is 90.9 Å².